The number of amides is 1. The van der Waals surface area contributed by atoms with Crippen molar-refractivity contribution in [1.82, 2.24) is 20.1 Å². The summed E-state index contributed by atoms with van der Waals surface area (Å²) in [5.41, 5.74) is 2.60. The van der Waals surface area contributed by atoms with Crippen molar-refractivity contribution >= 4 is 28.9 Å². The third-order valence-electron chi connectivity index (χ3n) is 3.66. The Balaban J connectivity index is 2.02. The minimum Gasteiger partial charge on any atom is -0.505 e. The van der Waals surface area contributed by atoms with Gasteiger partial charge in [0.05, 0.1) is 23.1 Å². The van der Waals surface area contributed by atoms with E-state index >= 15 is 0 Å². The number of aromatic nitrogens is 3. The number of phenols is 1. The first-order chi connectivity index (χ1) is 12.0. The maximum absolute atomic E-state index is 12.0. The maximum Gasteiger partial charge on any atom is 0.254 e. The van der Waals surface area contributed by atoms with Crippen LogP contribution in [0.5, 0.6) is 5.75 Å². The fourth-order valence-electron chi connectivity index (χ4n) is 2.43. The molecule has 3 rings (SSSR count). The summed E-state index contributed by atoms with van der Waals surface area (Å²) in [5, 5.41) is 20.6. The van der Waals surface area contributed by atoms with Crippen LogP contribution in [0.15, 0.2) is 42.9 Å². The first-order valence-electron chi connectivity index (χ1n) is 7.45. The van der Waals surface area contributed by atoms with E-state index in [1.54, 1.807) is 42.3 Å². The smallest absolute Gasteiger partial charge is 0.254 e. The molecule has 0 atom stereocenters. The molecule has 2 heterocycles. The van der Waals surface area contributed by atoms with E-state index in [9.17, 15) is 9.90 Å². The van der Waals surface area contributed by atoms with Crippen molar-refractivity contribution in [3.63, 3.8) is 0 Å². The Labute approximate surface area is 149 Å². The molecule has 8 heteroatoms. The summed E-state index contributed by atoms with van der Waals surface area (Å²) in [6.45, 7) is 0. The molecule has 2 aromatic heterocycles. The molecule has 0 saturated carbocycles. The molecule has 25 heavy (non-hydrogen) atoms. The Hall–Kier alpha value is -3.06. The second-order valence-corrected chi connectivity index (χ2v) is 5.75. The van der Waals surface area contributed by atoms with Gasteiger partial charge in [-0.05, 0) is 12.1 Å². The zero-order valence-electron chi connectivity index (χ0n) is 13.6. The Kier molecular flexibility index (Phi) is 4.58. The molecule has 0 aliphatic carbocycles. The Morgan fingerprint density at radius 3 is 2.76 bits per heavy atom. The molecule has 128 valence electrons. The lowest BCUT2D eigenvalue weighted by Gasteiger charge is -2.14. The number of aromatic hydroxyl groups is 1. The van der Waals surface area contributed by atoms with E-state index < -0.39 is 0 Å². The average Bonchev–Trinajstić information content (AvgIpc) is 3.02. The highest BCUT2D eigenvalue weighted by atomic mass is 35.5. The van der Waals surface area contributed by atoms with E-state index in [0.717, 1.165) is 5.56 Å². The molecule has 0 radical (unpaired) electrons. The summed E-state index contributed by atoms with van der Waals surface area (Å²) in [4.78, 5) is 15.9. The lowest BCUT2D eigenvalue weighted by Crippen LogP contribution is -2.19. The van der Waals surface area contributed by atoms with Gasteiger partial charge in [0, 0.05) is 37.6 Å². The molecule has 3 N–H and O–H groups in total. The number of hydrogen-bond donors (Lipinski definition) is 3. The number of carbonyl (C=O) groups is 1. The average molecular weight is 358 g/mol. The largest absolute Gasteiger partial charge is 0.505 e. The Morgan fingerprint density at radius 1 is 1.28 bits per heavy atom. The van der Waals surface area contributed by atoms with Crippen molar-refractivity contribution in [2.24, 2.45) is 7.05 Å². The van der Waals surface area contributed by atoms with Crippen LogP contribution in [0, 0.1) is 0 Å². The number of nitrogens with zero attached hydrogens (tertiary/aromatic N) is 3. The maximum atomic E-state index is 12.0. The number of para-hydroxylation sites is 1. The van der Waals surface area contributed by atoms with Gasteiger partial charge in [0.15, 0.2) is 0 Å². The zero-order valence-corrected chi connectivity index (χ0v) is 14.4. The molecule has 0 saturated heterocycles. The molecule has 3 aromatic rings. The van der Waals surface area contributed by atoms with Gasteiger partial charge in [-0.25, -0.2) is 4.98 Å². The van der Waals surface area contributed by atoms with Gasteiger partial charge in [0.25, 0.3) is 5.91 Å². The number of anilines is 2. The van der Waals surface area contributed by atoms with Crippen LogP contribution in [0.25, 0.3) is 11.1 Å². The van der Waals surface area contributed by atoms with E-state index in [4.69, 9.17) is 11.6 Å². The van der Waals surface area contributed by atoms with Crippen molar-refractivity contribution in [2.45, 2.75) is 0 Å². The number of rotatable bonds is 4. The highest BCUT2D eigenvalue weighted by Gasteiger charge is 2.15. The molecule has 1 aromatic carbocycles. The summed E-state index contributed by atoms with van der Waals surface area (Å²) in [7, 11) is 3.33. The third kappa shape index (κ3) is 3.41. The van der Waals surface area contributed by atoms with Crippen molar-refractivity contribution in [3.8, 4) is 16.9 Å². The molecule has 0 bridgehead atoms. The fraction of sp³-hybridized carbons (Fsp3) is 0.118. The SMILES string of the molecule is CNC(=O)c1cnc(Cl)cc1Nc1cccc(-c2cnn(C)c2)c1O. The van der Waals surface area contributed by atoms with Crippen LogP contribution in [-0.4, -0.2) is 32.8 Å². The standard InChI is InChI=1S/C17H16ClN5O2/c1-19-17(25)12-8-20-15(18)6-14(12)22-13-5-3-4-11(16(13)24)10-7-21-23(2)9-10/h3-9,24H,1-2H3,(H,19,25)(H,20,22). The molecule has 1 amide bonds. The number of benzene rings is 1. The van der Waals surface area contributed by atoms with Gasteiger partial charge in [0.1, 0.15) is 10.9 Å². The number of phenolic OH excluding ortho intramolecular Hbond substituents is 1. The van der Waals surface area contributed by atoms with Gasteiger partial charge < -0.3 is 15.7 Å². The lowest BCUT2D eigenvalue weighted by molar-refractivity contribution is 0.0963. The summed E-state index contributed by atoms with van der Waals surface area (Å²) in [6.07, 6.45) is 4.85. The molecule has 0 spiro atoms. The first kappa shape index (κ1) is 16.8. The minimum atomic E-state index is -0.311. The van der Waals surface area contributed by atoms with Crippen LogP contribution in [0.4, 0.5) is 11.4 Å². The highest BCUT2D eigenvalue weighted by molar-refractivity contribution is 6.29. The molecule has 0 aliphatic rings. The Morgan fingerprint density at radius 2 is 2.08 bits per heavy atom. The molecule has 7 nitrogen and oxygen atoms in total. The first-order valence-corrected chi connectivity index (χ1v) is 7.83. The number of carbonyl (C=O) groups excluding carboxylic acids is 1. The molecular formula is C17H16ClN5O2. The molecule has 0 fully saturated rings. The predicted octanol–water partition coefficient (Wildman–Crippen LogP) is 2.94. The van der Waals surface area contributed by atoms with E-state index in [1.165, 1.54) is 19.3 Å². The lowest BCUT2D eigenvalue weighted by atomic mass is 10.1. The van der Waals surface area contributed by atoms with E-state index in [1.807, 2.05) is 0 Å². The van der Waals surface area contributed by atoms with Crippen molar-refractivity contribution < 1.29 is 9.90 Å². The minimum absolute atomic E-state index is 0.0475. The predicted molar refractivity (Wildman–Crippen MR) is 96.2 cm³/mol. The van der Waals surface area contributed by atoms with Crippen molar-refractivity contribution in [2.75, 3.05) is 12.4 Å². The van der Waals surface area contributed by atoms with Crippen LogP contribution in [0.3, 0.4) is 0 Å². The summed E-state index contributed by atoms with van der Waals surface area (Å²) < 4.78 is 1.65. The van der Waals surface area contributed by atoms with E-state index in [2.05, 4.69) is 20.7 Å². The van der Waals surface area contributed by atoms with Gasteiger partial charge in [-0.1, -0.05) is 23.7 Å². The summed E-state index contributed by atoms with van der Waals surface area (Å²) >= 11 is 5.94. The van der Waals surface area contributed by atoms with Gasteiger partial charge in [0.2, 0.25) is 0 Å². The summed E-state index contributed by atoms with van der Waals surface area (Å²) in [5.74, 6) is -0.263. The normalized spacial score (nSPS) is 10.5. The van der Waals surface area contributed by atoms with Crippen LogP contribution >= 0.6 is 11.6 Å². The van der Waals surface area contributed by atoms with Gasteiger partial charge in [-0.3, -0.25) is 9.48 Å². The monoisotopic (exact) mass is 357 g/mol. The second kappa shape index (κ2) is 6.82. The zero-order chi connectivity index (χ0) is 18.0. The number of aryl methyl sites for hydroxylation is 1. The van der Waals surface area contributed by atoms with Crippen molar-refractivity contribution in [1.29, 1.82) is 0 Å². The number of hydrogen-bond acceptors (Lipinski definition) is 5. The highest BCUT2D eigenvalue weighted by Crippen LogP contribution is 2.37. The van der Waals surface area contributed by atoms with Gasteiger partial charge in [-0.2, -0.15) is 5.10 Å². The number of nitrogens with one attached hydrogen (secondary N) is 2. The number of pyridine rings is 1. The Bertz CT molecular complexity index is 939. The molecule has 0 aliphatic heterocycles. The van der Waals surface area contributed by atoms with E-state index in [-0.39, 0.29) is 16.8 Å². The van der Waals surface area contributed by atoms with Crippen LogP contribution in [0.1, 0.15) is 10.4 Å². The molecular weight excluding hydrogens is 342 g/mol. The topological polar surface area (TPSA) is 92.1 Å². The molecule has 0 unspecified atom stereocenters. The fourth-order valence-corrected chi connectivity index (χ4v) is 2.59. The van der Waals surface area contributed by atoms with Crippen molar-refractivity contribution in [3.05, 3.63) is 53.6 Å². The van der Waals surface area contributed by atoms with E-state index in [0.29, 0.717) is 22.5 Å². The second-order valence-electron chi connectivity index (χ2n) is 5.36. The van der Waals surface area contributed by atoms with Crippen LogP contribution in [0.2, 0.25) is 5.15 Å². The van der Waals surface area contributed by atoms with Crippen LogP contribution < -0.4 is 10.6 Å². The quantitative estimate of drug-likeness (QED) is 0.493. The van der Waals surface area contributed by atoms with Crippen LogP contribution in [-0.2, 0) is 7.05 Å². The third-order valence-corrected chi connectivity index (χ3v) is 3.87. The van der Waals surface area contributed by atoms with Gasteiger partial charge in [-0.15, -0.1) is 0 Å². The number of halogens is 1. The summed E-state index contributed by atoms with van der Waals surface area (Å²) in [6, 6.07) is 6.82. The van der Waals surface area contributed by atoms with Gasteiger partial charge >= 0.3 is 0 Å².